The SMILES string of the molecule is CCN=C(SC)C(C)N=CC=N. The van der Waals surface area contributed by atoms with Crippen LogP contribution in [0.4, 0.5) is 0 Å². The van der Waals surface area contributed by atoms with Crippen molar-refractivity contribution in [3.63, 3.8) is 0 Å². The standard InChI is InChI=1S/C8H15N3S/c1-4-10-8(12-3)7(2)11-6-5-9/h5-7,9H,4H2,1-3H3. The van der Waals surface area contributed by atoms with Gasteiger partial charge in [0, 0.05) is 19.0 Å². The largest absolute Gasteiger partial charge is 0.307 e. The normalized spacial score (nSPS) is 15.1. The number of aliphatic imine (C=N–C) groups is 2. The Labute approximate surface area is 77.9 Å². The molecule has 0 rings (SSSR count). The van der Waals surface area contributed by atoms with Gasteiger partial charge in [-0.1, -0.05) is 0 Å². The first-order chi connectivity index (χ1) is 5.76. The zero-order chi connectivity index (χ0) is 9.40. The van der Waals surface area contributed by atoms with Gasteiger partial charge in [0.25, 0.3) is 0 Å². The molecule has 0 radical (unpaired) electrons. The van der Waals surface area contributed by atoms with Crippen molar-refractivity contribution in [2.45, 2.75) is 19.9 Å². The first-order valence-electron chi connectivity index (χ1n) is 3.86. The summed E-state index contributed by atoms with van der Waals surface area (Å²) >= 11 is 1.61. The number of hydrogen-bond donors (Lipinski definition) is 1. The minimum atomic E-state index is 0.0848. The van der Waals surface area contributed by atoms with Gasteiger partial charge in [0.05, 0.1) is 11.1 Å². The second-order valence-electron chi connectivity index (χ2n) is 2.16. The third-order valence-corrected chi connectivity index (χ3v) is 2.15. The van der Waals surface area contributed by atoms with Gasteiger partial charge in [0.1, 0.15) is 0 Å². The second kappa shape index (κ2) is 7.03. The highest BCUT2D eigenvalue weighted by atomic mass is 32.2. The van der Waals surface area contributed by atoms with Crippen LogP contribution in [0.3, 0.4) is 0 Å². The zero-order valence-corrected chi connectivity index (χ0v) is 8.56. The molecule has 0 aromatic rings. The molecule has 0 aliphatic rings. The summed E-state index contributed by atoms with van der Waals surface area (Å²) in [5.41, 5.74) is 0. The quantitative estimate of drug-likeness (QED) is 0.527. The maximum atomic E-state index is 6.77. The molecule has 0 aliphatic carbocycles. The van der Waals surface area contributed by atoms with Crippen LogP contribution in [0.2, 0.25) is 0 Å². The zero-order valence-electron chi connectivity index (χ0n) is 7.74. The van der Waals surface area contributed by atoms with Gasteiger partial charge in [-0.15, -0.1) is 11.8 Å². The monoisotopic (exact) mass is 185 g/mol. The Morgan fingerprint density at radius 2 is 2.33 bits per heavy atom. The summed E-state index contributed by atoms with van der Waals surface area (Å²) < 4.78 is 0. The molecule has 0 fully saturated rings. The van der Waals surface area contributed by atoms with E-state index >= 15 is 0 Å². The molecule has 1 atom stereocenters. The summed E-state index contributed by atoms with van der Waals surface area (Å²) in [4.78, 5) is 8.40. The Bertz CT molecular complexity index is 187. The van der Waals surface area contributed by atoms with Gasteiger partial charge >= 0.3 is 0 Å². The molecular weight excluding hydrogens is 170 g/mol. The Hall–Kier alpha value is -0.640. The molecule has 12 heavy (non-hydrogen) atoms. The molecule has 0 saturated heterocycles. The van der Waals surface area contributed by atoms with Crippen molar-refractivity contribution in [2.24, 2.45) is 9.98 Å². The maximum Gasteiger partial charge on any atom is 0.0948 e. The summed E-state index contributed by atoms with van der Waals surface area (Å²) in [6.45, 7) is 4.77. The molecule has 0 aromatic carbocycles. The first kappa shape index (κ1) is 11.4. The van der Waals surface area contributed by atoms with Crippen LogP contribution in [-0.4, -0.2) is 36.3 Å². The van der Waals surface area contributed by atoms with E-state index in [4.69, 9.17) is 5.41 Å². The fraction of sp³-hybridized carbons (Fsp3) is 0.625. The number of hydrogen-bond acceptors (Lipinski definition) is 4. The van der Waals surface area contributed by atoms with Gasteiger partial charge in [-0.3, -0.25) is 9.98 Å². The Morgan fingerprint density at radius 1 is 1.67 bits per heavy atom. The predicted molar refractivity (Wildman–Crippen MR) is 58.2 cm³/mol. The van der Waals surface area contributed by atoms with Crippen LogP contribution in [0.1, 0.15) is 13.8 Å². The number of nitrogens with one attached hydrogen (secondary N) is 1. The van der Waals surface area contributed by atoms with E-state index in [1.165, 1.54) is 12.4 Å². The average Bonchev–Trinajstić information content (AvgIpc) is 2.10. The summed E-state index contributed by atoms with van der Waals surface area (Å²) in [6, 6.07) is 0.0848. The molecule has 0 aromatic heterocycles. The molecule has 0 heterocycles. The van der Waals surface area contributed by atoms with Crippen molar-refractivity contribution in [1.82, 2.24) is 0 Å². The van der Waals surface area contributed by atoms with Gasteiger partial charge in [-0.25, -0.2) is 0 Å². The maximum absolute atomic E-state index is 6.77. The van der Waals surface area contributed by atoms with Gasteiger partial charge < -0.3 is 5.41 Å². The van der Waals surface area contributed by atoms with Crippen LogP contribution in [0, 0.1) is 5.41 Å². The van der Waals surface area contributed by atoms with E-state index in [9.17, 15) is 0 Å². The van der Waals surface area contributed by atoms with Gasteiger partial charge in [-0.2, -0.15) is 0 Å². The van der Waals surface area contributed by atoms with Crippen molar-refractivity contribution < 1.29 is 0 Å². The van der Waals surface area contributed by atoms with Crippen LogP contribution >= 0.6 is 11.8 Å². The molecule has 0 spiro atoms. The summed E-state index contributed by atoms with van der Waals surface area (Å²) in [5.74, 6) is 0. The highest BCUT2D eigenvalue weighted by molar-refractivity contribution is 8.13. The second-order valence-corrected chi connectivity index (χ2v) is 2.98. The lowest BCUT2D eigenvalue weighted by molar-refractivity contribution is 0.979. The van der Waals surface area contributed by atoms with Crippen molar-refractivity contribution in [1.29, 1.82) is 5.41 Å². The van der Waals surface area contributed by atoms with Crippen molar-refractivity contribution in [2.75, 3.05) is 12.8 Å². The number of rotatable bonds is 4. The number of nitrogens with zero attached hydrogens (tertiary/aromatic N) is 2. The third-order valence-electron chi connectivity index (χ3n) is 1.26. The van der Waals surface area contributed by atoms with Crippen LogP contribution in [0.15, 0.2) is 9.98 Å². The predicted octanol–water partition coefficient (Wildman–Crippen LogP) is 1.88. The summed E-state index contributed by atoms with van der Waals surface area (Å²) in [7, 11) is 0. The van der Waals surface area contributed by atoms with E-state index in [-0.39, 0.29) is 6.04 Å². The van der Waals surface area contributed by atoms with Crippen LogP contribution in [0.25, 0.3) is 0 Å². The van der Waals surface area contributed by atoms with Crippen molar-refractivity contribution in [3.8, 4) is 0 Å². The number of thioether (sulfide) groups is 1. The highest BCUT2D eigenvalue weighted by Crippen LogP contribution is 2.06. The Balaban J connectivity index is 4.20. The summed E-state index contributed by atoms with van der Waals surface area (Å²) in [6.07, 6.45) is 4.66. The van der Waals surface area contributed by atoms with E-state index in [0.717, 1.165) is 11.6 Å². The Kier molecular flexibility index (Phi) is 6.66. The first-order valence-corrected chi connectivity index (χ1v) is 5.09. The van der Waals surface area contributed by atoms with E-state index in [1.54, 1.807) is 11.8 Å². The topological polar surface area (TPSA) is 48.6 Å². The smallest absolute Gasteiger partial charge is 0.0948 e. The van der Waals surface area contributed by atoms with E-state index in [1.807, 2.05) is 20.1 Å². The lowest BCUT2D eigenvalue weighted by atomic mass is 10.4. The molecule has 3 nitrogen and oxygen atoms in total. The highest BCUT2D eigenvalue weighted by Gasteiger charge is 2.04. The van der Waals surface area contributed by atoms with E-state index in [0.29, 0.717) is 0 Å². The molecule has 68 valence electrons. The minimum Gasteiger partial charge on any atom is -0.307 e. The molecular formula is C8H15N3S. The third kappa shape index (κ3) is 4.28. The van der Waals surface area contributed by atoms with Gasteiger partial charge in [0.15, 0.2) is 0 Å². The van der Waals surface area contributed by atoms with E-state index in [2.05, 4.69) is 9.98 Å². The lowest BCUT2D eigenvalue weighted by Crippen LogP contribution is -2.11. The molecule has 1 N–H and O–H groups in total. The van der Waals surface area contributed by atoms with Crippen LogP contribution in [0.5, 0.6) is 0 Å². The average molecular weight is 185 g/mol. The molecule has 0 amide bonds. The molecule has 4 heteroatoms. The molecule has 0 saturated carbocycles. The summed E-state index contributed by atoms with van der Waals surface area (Å²) in [5, 5.41) is 7.80. The van der Waals surface area contributed by atoms with Crippen molar-refractivity contribution in [3.05, 3.63) is 0 Å². The lowest BCUT2D eigenvalue weighted by Gasteiger charge is -2.06. The van der Waals surface area contributed by atoms with Crippen LogP contribution < -0.4 is 0 Å². The molecule has 0 aliphatic heterocycles. The van der Waals surface area contributed by atoms with Gasteiger partial charge in [0.2, 0.25) is 0 Å². The fourth-order valence-electron chi connectivity index (χ4n) is 0.759. The Morgan fingerprint density at radius 3 is 2.75 bits per heavy atom. The van der Waals surface area contributed by atoms with Crippen LogP contribution in [-0.2, 0) is 0 Å². The molecule has 0 bridgehead atoms. The molecule has 1 unspecified atom stereocenters. The van der Waals surface area contributed by atoms with Gasteiger partial charge in [-0.05, 0) is 20.1 Å². The van der Waals surface area contributed by atoms with Crippen molar-refractivity contribution >= 4 is 29.2 Å². The van der Waals surface area contributed by atoms with E-state index < -0.39 is 0 Å². The minimum absolute atomic E-state index is 0.0848. The fourth-order valence-corrected chi connectivity index (χ4v) is 1.42.